The lowest BCUT2D eigenvalue weighted by atomic mass is 9.93. The average Bonchev–Trinajstić information content (AvgIpc) is 2.93. The van der Waals surface area contributed by atoms with E-state index in [4.69, 9.17) is 15.0 Å². The smallest absolute Gasteiger partial charge is 0.165 e. The molecule has 34 heavy (non-hydrogen) atoms. The van der Waals surface area contributed by atoms with E-state index in [0.29, 0.717) is 17.5 Å². The van der Waals surface area contributed by atoms with Crippen LogP contribution < -0.4 is 0 Å². The van der Waals surface area contributed by atoms with Gasteiger partial charge in [-0.05, 0) is 21.9 Å². The van der Waals surface area contributed by atoms with E-state index < -0.39 is 0 Å². The van der Waals surface area contributed by atoms with Gasteiger partial charge in [0.2, 0.25) is 0 Å². The minimum Gasteiger partial charge on any atom is -0.208 e. The van der Waals surface area contributed by atoms with Crippen LogP contribution in [0.1, 0.15) is 0 Å². The van der Waals surface area contributed by atoms with Gasteiger partial charge in [-0.3, -0.25) is 0 Å². The maximum atomic E-state index is 5.01. The van der Waals surface area contributed by atoms with Gasteiger partial charge in [-0.1, -0.05) is 127 Å². The highest BCUT2D eigenvalue weighted by atomic mass is 15.0. The monoisotopic (exact) mass is 435 g/mol. The minimum atomic E-state index is 0.663. The third-order valence-corrected chi connectivity index (χ3v) is 5.94. The van der Waals surface area contributed by atoms with Crippen molar-refractivity contribution < 1.29 is 0 Å². The van der Waals surface area contributed by atoms with Crippen LogP contribution in [0, 0.1) is 0 Å². The maximum absolute atomic E-state index is 5.01. The van der Waals surface area contributed by atoms with Crippen LogP contribution in [0.5, 0.6) is 0 Å². The Hall–Kier alpha value is -4.63. The highest BCUT2D eigenvalue weighted by Crippen LogP contribution is 2.37. The molecule has 1 aromatic heterocycles. The van der Waals surface area contributed by atoms with Crippen molar-refractivity contribution in [3.63, 3.8) is 0 Å². The number of hydrogen-bond acceptors (Lipinski definition) is 3. The zero-order valence-electron chi connectivity index (χ0n) is 18.5. The average molecular weight is 436 g/mol. The van der Waals surface area contributed by atoms with Crippen LogP contribution in [0.15, 0.2) is 127 Å². The summed E-state index contributed by atoms with van der Waals surface area (Å²) in [7, 11) is 0. The summed E-state index contributed by atoms with van der Waals surface area (Å²) in [5, 5.41) is 2.27. The van der Waals surface area contributed by atoms with E-state index in [1.807, 2.05) is 66.7 Å². The van der Waals surface area contributed by atoms with Crippen molar-refractivity contribution in [1.82, 2.24) is 15.0 Å². The maximum Gasteiger partial charge on any atom is 0.165 e. The van der Waals surface area contributed by atoms with Crippen LogP contribution >= 0.6 is 0 Å². The molecule has 0 aliphatic carbocycles. The molecule has 3 heteroatoms. The van der Waals surface area contributed by atoms with E-state index in [1.54, 1.807) is 0 Å². The second kappa shape index (κ2) is 8.72. The lowest BCUT2D eigenvalue weighted by Gasteiger charge is -2.14. The number of benzene rings is 5. The zero-order valence-corrected chi connectivity index (χ0v) is 18.5. The van der Waals surface area contributed by atoms with Crippen molar-refractivity contribution in [2.45, 2.75) is 0 Å². The molecule has 6 aromatic rings. The van der Waals surface area contributed by atoms with Crippen LogP contribution in [-0.4, -0.2) is 15.0 Å². The molecule has 0 saturated heterocycles. The van der Waals surface area contributed by atoms with E-state index in [1.165, 1.54) is 0 Å². The van der Waals surface area contributed by atoms with Crippen LogP contribution in [0.4, 0.5) is 0 Å². The quantitative estimate of drug-likeness (QED) is 0.285. The van der Waals surface area contributed by atoms with Crippen molar-refractivity contribution >= 4 is 10.8 Å². The van der Waals surface area contributed by atoms with Gasteiger partial charge in [0.15, 0.2) is 17.5 Å². The molecule has 0 spiro atoms. The summed E-state index contributed by atoms with van der Waals surface area (Å²) in [5.41, 5.74) is 5.17. The molecular formula is C31H21N3. The molecule has 0 amide bonds. The van der Waals surface area contributed by atoms with Crippen LogP contribution in [-0.2, 0) is 0 Å². The normalized spacial score (nSPS) is 10.9. The molecule has 0 radical (unpaired) electrons. The second-order valence-corrected chi connectivity index (χ2v) is 8.11. The van der Waals surface area contributed by atoms with Gasteiger partial charge in [0.25, 0.3) is 0 Å². The fourth-order valence-corrected chi connectivity index (χ4v) is 4.29. The standard InChI is InChI=1S/C31H21N3/c1-4-12-22(13-5-1)27-21-20-23-14-10-11-19-26(23)28(27)31-33-29(24-15-6-2-7-16-24)32-30(34-31)25-17-8-3-9-18-25/h1-21H. The molecule has 0 atom stereocenters. The van der Waals surface area contributed by atoms with Crippen molar-refractivity contribution in [3.05, 3.63) is 127 Å². The lowest BCUT2D eigenvalue weighted by Crippen LogP contribution is -2.01. The van der Waals surface area contributed by atoms with E-state index in [0.717, 1.165) is 38.6 Å². The van der Waals surface area contributed by atoms with E-state index in [9.17, 15) is 0 Å². The molecule has 0 fully saturated rings. The van der Waals surface area contributed by atoms with Crippen LogP contribution in [0.3, 0.4) is 0 Å². The molecule has 160 valence electrons. The summed E-state index contributed by atoms with van der Waals surface area (Å²) in [5.74, 6) is 2.00. The predicted molar refractivity (Wildman–Crippen MR) is 139 cm³/mol. The van der Waals surface area contributed by atoms with Gasteiger partial charge in [0, 0.05) is 16.7 Å². The van der Waals surface area contributed by atoms with Gasteiger partial charge in [-0.15, -0.1) is 0 Å². The fraction of sp³-hybridized carbons (Fsp3) is 0. The van der Waals surface area contributed by atoms with Crippen LogP contribution in [0.25, 0.3) is 56.1 Å². The molecule has 0 aliphatic rings. The highest BCUT2D eigenvalue weighted by molar-refractivity contribution is 6.02. The van der Waals surface area contributed by atoms with Crippen molar-refractivity contribution in [2.75, 3.05) is 0 Å². The molecule has 0 aliphatic heterocycles. The van der Waals surface area contributed by atoms with Gasteiger partial charge >= 0.3 is 0 Å². The van der Waals surface area contributed by atoms with Gasteiger partial charge < -0.3 is 0 Å². The van der Waals surface area contributed by atoms with Gasteiger partial charge in [-0.2, -0.15) is 0 Å². The fourth-order valence-electron chi connectivity index (χ4n) is 4.29. The Kier molecular flexibility index (Phi) is 5.13. The SMILES string of the molecule is c1ccc(-c2nc(-c3ccccc3)nc(-c3c(-c4ccccc4)ccc4ccccc34)n2)cc1. The number of aromatic nitrogens is 3. The Morgan fingerprint density at radius 1 is 0.353 bits per heavy atom. The highest BCUT2D eigenvalue weighted by Gasteiger charge is 2.18. The van der Waals surface area contributed by atoms with Gasteiger partial charge in [-0.25, -0.2) is 15.0 Å². The number of fused-ring (bicyclic) bond motifs is 1. The summed E-state index contributed by atoms with van der Waals surface area (Å²) < 4.78 is 0. The number of hydrogen-bond donors (Lipinski definition) is 0. The number of nitrogens with zero attached hydrogens (tertiary/aromatic N) is 3. The summed E-state index contributed by atoms with van der Waals surface area (Å²) in [6, 6.07) is 43.3. The van der Waals surface area contributed by atoms with Crippen molar-refractivity contribution in [2.24, 2.45) is 0 Å². The molecule has 5 aromatic carbocycles. The summed E-state index contributed by atoms with van der Waals surface area (Å²) in [4.78, 5) is 14.9. The summed E-state index contributed by atoms with van der Waals surface area (Å²) in [6.07, 6.45) is 0. The topological polar surface area (TPSA) is 38.7 Å². The Balaban J connectivity index is 1.68. The van der Waals surface area contributed by atoms with Crippen molar-refractivity contribution in [1.29, 1.82) is 0 Å². The third-order valence-electron chi connectivity index (χ3n) is 5.94. The molecule has 0 bridgehead atoms. The molecule has 6 rings (SSSR count). The van der Waals surface area contributed by atoms with E-state index in [2.05, 4.69) is 60.7 Å². The Labute approximate surface area is 198 Å². The molecule has 1 heterocycles. The largest absolute Gasteiger partial charge is 0.208 e. The molecule has 0 saturated carbocycles. The first kappa shape index (κ1) is 20.0. The van der Waals surface area contributed by atoms with Gasteiger partial charge in [0.1, 0.15) is 0 Å². The Morgan fingerprint density at radius 2 is 0.824 bits per heavy atom. The van der Waals surface area contributed by atoms with E-state index >= 15 is 0 Å². The van der Waals surface area contributed by atoms with Gasteiger partial charge in [0.05, 0.1) is 0 Å². The second-order valence-electron chi connectivity index (χ2n) is 8.11. The minimum absolute atomic E-state index is 0.663. The van der Waals surface area contributed by atoms with E-state index in [-0.39, 0.29) is 0 Å². The number of rotatable bonds is 4. The molecular weight excluding hydrogens is 414 g/mol. The first-order valence-corrected chi connectivity index (χ1v) is 11.3. The summed E-state index contributed by atoms with van der Waals surface area (Å²) in [6.45, 7) is 0. The molecule has 0 N–H and O–H groups in total. The zero-order chi connectivity index (χ0) is 22.7. The molecule has 3 nitrogen and oxygen atoms in total. The Morgan fingerprint density at radius 3 is 1.41 bits per heavy atom. The lowest BCUT2D eigenvalue weighted by molar-refractivity contribution is 1.08. The summed E-state index contributed by atoms with van der Waals surface area (Å²) >= 11 is 0. The first-order valence-electron chi connectivity index (χ1n) is 11.3. The predicted octanol–water partition coefficient (Wildman–Crippen LogP) is 7.69. The van der Waals surface area contributed by atoms with Crippen molar-refractivity contribution in [3.8, 4) is 45.3 Å². The first-order chi connectivity index (χ1) is 16.9. The third kappa shape index (κ3) is 3.74. The Bertz CT molecular complexity index is 1520. The molecule has 0 unspecified atom stereocenters. The van der Waals surface area contributed by atoms with Crippen LogP contribution in [0.2, 0.25) is 0 Å².